The molecule has 0 aromatic carbocycles. The summed E-state index contributed by atoms with van der Waals surface area (Å²) in [7, 11) is 4.13. The van der Waals surface area contributed by atoms with Gasteiger partial charge in [0.25, 0.3) is 0 Å². The molecule has 0 spiro atoms. The van der Waals surface area contributed by atoms with E-state index in [0.29, 0.717) is 18.5 Å². The summed E-state index contributed by atoms with van der Waals surface area (Å²) in [4.78, 5) is 14.5. The van der Waals surface area contributed by atoms with Crippen molar-refractivity contribution in [1.29, 1.82) is 0 Å². The van der Waals surface area contributed by atoms with Crippen molar-refractivity contribution < 1.29 is 9.53 Å². The summed E-state index contributed by atoms with van der Waals surface area (Å²) in [6.45, 7) is 1.89. The maximum absolute atomic E-state index is 12.0. The van der Waals surface area contributed by atoms with Gasteiger partial charge in [-0.05, 0) is 50.3 Å². The number of ether oxygens (including phenoxy) is 1. The van der Waals surface area contributed by atoms with Crippen LogP contribution >= 0.6 is 0 Å². The quantitative estimate of drug-likeness (QED) is 0.680. The van der Waals surface area contributed by atoms with E-state index in [1.807, 2.05) is 30.1 Å². The number of anilines is 1. The molecular formula is C22H26N6O2. The lowest BCUT2D eigenvalue weighted by molar-refractivity contribution is -0.117. The lowest BCUT2D eigenvalue weighted by Gasteiger charge is -2.22. The molecule has 0 radical (unpaired) electrons. The van der Waals surface area contributed by atoms with E-state index >= 15 is 0 Å². The van der Waals surface area contributed by atoms with Crippen molar-refractivity contribution in [3.8, 4) is 17.0 Å². The van der Waals surface area contributed by atoms with Crippen molar-refractivity contribution in [3.63, 3.8) is 0 Å². The molecule has 2 aliphatic carbocycles. The average Bonchev–Trinajstić information content (AvgIpc) is 3.60. The van der Waals surface area contributed by atoms with Gasteiger partial charge in [0.2, 0.25) is 5.91 Å². The van der Waals surface area contributed by atoms with Crippen molar-refractivity contribution in [2.75, 3.05) is 25.5 Å². The fourth-order valence-corrected chi connectivity index (χ4v) is 4.84. The molecule has 30 heavy (non-hydrogen) atoms. The predicted octanol–water partition coefficient (Wildman–Crippen LogP) is 2.41. The van der Waals surface area contributed by atoms with Crippen molar-refractivity contribution >= 4 is 17.2 Å². The number of aryl methyl sites for hydroxylation is 1. The lowest BCUT2D eigenvalue weighted by Crippen LogP contribution is -2.34. The van der Waals surface area contributed by atoms with Crippen LogP contribution in [-0.2, 0) is 11.8 Å². The molecule has 1 aliphatic heterocycles. The predicted molar refractivity (Wildman–Crippen MR) is 112 cm³/mol. The second-order valence-electron chi connectivity index (χ2n) is 9.04. The van der Waals surface area contributed by atoms with Crippen molar-refractivity contribution in [2.24, 2.45) is 24.8 Å². The normalized spacial score (nSPS) is 25.5. The number of rotatable bonds is 6. The highest BCUT2D eigenvalue weighted by molar-refractivity contribution is 5.93. The van der Waals surface area contributed by atoms with Crippen LogP contribution in [0.15, 0.2) is 30.6 Å². The van der Waals surface area contributed by atoms with E-state index in [4.69, 9.17) is 4.74 Å². The number of likely N-dealkylation sites (N-methyl/N-ethyl adjacent to an activating group) is 1. The largest absolute Gasteiger partial charge is 0.488 e. The first-order chi connectivity index (χ1) is 14.6. The third-order valence-corrected chi connectivity index (χ3v) is 6.81. The minimum atomic E-state index is 0.0655. The molecule has 6 rings (SSSR count). The van der Waals surface area contributed by atoms with E-state index < -0.39 is 0 Å². The summed E-state index contributed by atoms with van der Waals surface area (Å²) in [5, 5.41) is 11.8. The smallest absolute Gasteiger partial charge is 0.228 e. The number of nitrogens with zero attached hydrogens (tertiary/aromatic N) is 5. The number of carbonyl (C=O) groups is 1. The SMILES string of the molecule is CN1C[C@H]2C[C@H]2[C@@H]1COc1cnn(C)c1-c1ccn2nc(NC(=O)C3CC3)cc2c1. The summed E-state index contributed by atoms with van der Waals surface area (Å²) >= 11 is 0. The van der Waals surface area contributed by atoms with Crippen LogP contribution in [0.4, 0.5) is 5.82 Å². The minimum Gasteiger partial charge on any atom is -0.488 e. The van der Waals surface area contributed by atoms with Crippen LogP contribution in [0.2, 0.25) is 0 Å². The van der Waals surface area contributed by atoms with Gasteiger partial charge in [-0.3, -0.25) is 14.4 Å². The highest BCUT2D eigenvalue weighted by atomic mass is 16.5. The molecule has 0 bridgehead atoms. The Kier molecular flexibility index (Phi) is 3.93. The van der Waals surface area contributed by atoms with E-state index in [1.165, 1.54) is 13.0 Å². The van der Waals surface area contributed by atoms with Crippen LogP contribution in [0.1, 0.15) is 19.3 Å². The third-order valence-electron chi connectivity index (χ3n) is 6.81. The summed E-state index contributed by atoms with van der Waals surface area (Å²) in [5.41, 5.74) is 2.89. The highest BCUT2D eigenvalue weighted by Crippen LogP contribution is 2.49. The second kappa shape index (κ2) is 6.57. The molecule has 1 N–H and O–H groups in total. The number of likely N-dealkylation sites (tertiary alicyclic amines) is 1. The fraction of sp³-hybridized carbons (Fsp3) is 0.500. The standard InChI is InChI=1S/C22H26N6O2/c1-26-11-15-8-17(15)18(26)12-30-19-10-23-27(2)21(19)14-5-6-28-16(7-14)9-20(25-28)24-22(29)13-3-4-13/h5-7,9-10,13,15,17-18H,3-4,8,11-12H2,1-2H3,(H,24,25,29)/t15-,17-,18+/m1/s1. The van der Waals surface area contributed by atoms with Crippen molar-refractivity contribution in [1.82, 2.24) is 24.3 Å². The Morgan fingerprint density at radius 2 is 2.17 bits per heavy atom. The minimum absolute atomic E-state index is 0.0655. The zero-order valence-electron chi connectivity index (χ0n) is 17.3. The summed E-state index contributed by atoms with van der Waals surface area (Å²) < 4.78 is 9.90. The maximum atomic E-state index is 12.0. The fourth-order valence-electron chi connectivity index (χ4n) is 4.84. The number of nitrogens with one attached hydrogen (secondary N) is 1. The Morgan fingerprint density at radius 3 is 2.93 bits per heavy atom. The van der Waals surface area contributed by atoms with Crippen LogP contribution < -0.4 is 10.1 Å². The molecule has 4 heterocycles. The first-order valence-electron chi connectivity index (χ1n) is 10.7. The molecule has 8 nitrogen and oxygen atoms in total. The van der Waals surface area contributed by atoms with Crippen LogP contribution in [0.3, 0.4) is 0 Å². The molecular weight excluding hydrogens is 380 g/mol. The number of piperidine rings is 1. The third kappa shape index (κ3) is 3.06. The molecule has 3 fully saturated rings. The number of fused-ring (bicyclic) bond motifs is 2. The number of carbonyl (C=O) groups excluding carboxylic acids is 1. The number of pyridine rings is 1. The van der Waals surface area contributed by atoms with Gasteiger partial charge in [0, 0.05) is 43.4 Å². The Hall–Kier alpha value is -2.87. The van der Waals surface area contributed by atoms with Gasteiger partial charge in [0.05, 0.1) is 11.7 Å². The molecule has 8 heteroatoms. The number of aromatic nitrogens is 4. The number of hydrogen-bond donors (Lipinski definition) is 1. The summed E-state index contributed by atoms with van der Waals surface area (Å²) in [6.07, 6.45) is 7.01. The first-order valence-corrected chi connectivity index (χ1v) is 10.7. The van der Waals surface area contributed by atoms with E-state index in [9.17, 15) is 4.79 Å². The first kappa shape index (κ1) is 17.9. The molecule has 0 unspecified atom stereocenters. The van der Waals surface area contributed by atoms with Gasteiger partial charge in [-0.25, -0.2) is 4.52 Å². The summed E-state index contributed by atoms with van der Waals surface area (Å²) in [5.74, 6) is 3.29. The topological polar surface area (TPSA) is 76.7 Å². The van der Waals surface area contributed by atoms with Gasteiger partial charge in [-0.15, -0.1) is 0 Å². The summed E-state index contributed by atoms with van der Waals surface area (Å²) in [6, 6.07) is 6.47. The van der Waals surface area contributed by atoms with Crippen molar-refractivity contribution in [2.45, 2.75) is 25.3 Å². The Bertz CT molecular complexity index is 1130. The zero-order valence-corrected chi connectivity index (χ0v) is 17.3. The van der Waals surface area contributed by atoms with E-state index in [0.717, 1.165) is 47.2 Å². The van der Waals surface area contributed by atoms with Gasteiger partial charge in [0.15, 0.2) is 11.6 Å². The van der Waals surface area contributed by atoms with Gasteiger partial charge >= 0.3 is 0 Å². The van der Waals surface area contributed by atoms with Crippen LogP contribution in [0.25, 0.3) is 16.8 Å². The van der Waals surface area contributed by atoms with E-state index in [2.05, 4.69) is 33.5 Å². The Labute approximate surface area is 174 Å². The Morgan fingerprint density at radius 1 is 1.30 bits per heavy atom. The molecule has 156 valence electrons. The van der Waals surface area contributed by atoms with Gasteiger partial charge in [-0.1, -0.05) is 0 Å². The molecule has 3 aromatic heterocycles. The van der Waals surface area contributed by atoms with Gasteiger partial charge < -0.3 is 10.1 Å². The van der Waals surface area contributed by atoms with Crippen LogP contribution in [-0.4, -0.2) is 56.4 Å². The number of amides is 1. The zero-order chi connectivity index (χ0) is 20.4. The Balaban J connectivity index is 1.24. The van der Waals surface area contributed by atoms with Crippen LogP contribution in [0.5, 0.6) is 5.75 Å². The molecule has 1 saturated heterocycles. The van der Waals surface area contributed by atoms with Gasteiger partial charge in [-0.2, -0.15) is 10.2 Å². The monoisotopic (exact) mass is 406 g/mol. The van der Waals surface area contributed by atoms with Crippen molar-refractivity contribution in [3.05, 3.63) is 30.6 Å². The maximum Gasteiger partial charge on any atom is 0.228 e. The van der Waals surface area contributed by atoms with E-state index in [-0.39, 0.29) is 11.8 Å². The molecule has 1 amide bonds. The van der Waals surface area contributed by atoms with Crippen LogP contribution in [0, 0.1) is 17.8 Å². The average molecular weight is 406 g/mol. The van der Waals surface area contributed by atoms with E-state index in [1.54, 1.807) is 10.7 Å². The second-order valence-corrected chi connectivity index (χ2v) is 9.04. The molecule has 3 aromatic rings. The van der Waals surface area contributed by atoms with Gasteiger partial charge in [0.1, 0.15) is 12.3 Å². The highest BCUT2D eigenvalue weighted by Gasteiger charge is 2.51. The number of hydrogen-bond acceptors (Lipinski definition) is 5. The molecule has 2 saturated carbocycles. The molecule has 3 atom stereocenters. The lowest BCUT2D eigenvalue weighted by atomic mass is 10.1. The molecule has 3 aliphatic rings.